The van der Waals surface area contributed by atoms with Crippen LogP contribution in [0.5, 0.6) is 0 Å². The van der Waals surface area contributed by atoms with Crippen molar-refractivity contribution in [1.82, 2.24) is 19.4 Å². The molecule has 0 spiro atoms. The molecule has 0 saturated heterocycles. The van der Waals surface area contributed by atoms with E-state index in [-0.39, 0.29) is 43.2 Å². The predicted octanol–water partition coefficient (Wildman–Crippen LogP) is 7.96. The van der Waals surface area contributed by atoms with Crippen molar-refractivity contribution in [2.24, 2.45) is 0 Å². The van der Waals surface area contributed by atoms with E-state index in [2.05, 4.69) is 9.88 Å². The van der Waals surface area contributed by atoms with Crippen molar-refractivity contribution in [3.63, 3.8) is 0 Å². The van der Waals surface area contributed by atoms with Crippen molar-refractivity contribution in [1.29, 1.82) is 0 Å². The Morgan fingerprint density at radius 2 is 1.45 bits per heavy atom. The Hall–Kier alpha value is -4.97. The van der Waals surface area contributed by atoms with Gasteiger partial charge in [-0.05, 0) is 79.0 Å². The van der Waals surface area contributed by atoms with Crippen LogP contribution in [0.3, 0.4) is 0 Å². The Labute approximate surface area is 292 Å². The van der Waals surface area contributed by atoms with E-state index in [0.29, 0.717) is 29.6 Å². The maximum Gasteiger partial charge on any atom is 0.416 e. The summed E-state index contributed by atoms with van der Waals surface area (Å²) in [5, 5.41) is 0.305. The van der Waals surface area contributed by atoms with E-state index in [1.165, 1.54) is 12.1 Å². The zero-order valence-electron chi connectivity index (χ0n) is 28.5. The van der Waals surface area contributed by atoms with Gasteiger partial charge in [0.05, 0.1) is 16.5 Å². The normalized spacial score (nSPS) is 11.8. The predicted molar refractivity (Wildman–Crippen MR) is 185 cm³/mol. The molecular weight excluding hydrogens is 670 g/mol. The zero-order chi connectivity index (χ0) is 36.9. The highest BCUT2D eigenvalue weighted by molar-refractivity contribution is 5.82. The molecule has 5 rings (SSSR count). The van der Waals surface area contributed by atoms with Gasteiger partial charge < -0.3 is 14.4 Å². The van der Waals surface area contributed by atoms with Crippen molar-refractivity contribution in [2.45, 2.75) is 52.9 Å². The molecule has 4 aromatic carbocycles. The lowest BCUT2D eigenvalue weighted by Gasteiger charge is -2.28. The smallest absolute Gasteiger partial charge is 0.336 e. The van der Waals surface area contributed by atoms with E-state index in [4.69, 9.17) is 0 Å². The Balaban J connectivity index is 1.44. The largest absolute Gasteiger partial charge is 0.416 e. The number of halogens is 6. The summed E-state index contributed by atoms with van der Waals surface area (Å²) in [6.45, 7) is 8.42. The van der Waals surface area contributed by atoms with Crippen molar-refractivity contribution >= 4 is 16.8 Å². The number of carbonyl (C=O) groups excluding carboxylic acids is 1. The molecule has 0 N–H and O–H groups in total. The van der Waals surface area contributed by atoms with E-state index in [0.717, 1.165) is 54.0 Å². The lowest BCUT2D eigenvalue weighted by Crippen LogP contribution is -2.40. The Morgan fingerprint density at radius 1 is 0.804 bits per heavy atom. The van der Waals surface area contributed by atoms with Gasteiger partial charge in [0.1, 0.15) is 12.4 Å². The first-order chi connectivity index (χ1) is 24.3. The molecule has 0 aliphatic heterocycles. The third kappa shape index (κ3) is 8.86. The molecule has 0 radical (unpaired) electrons. The standard InChI is InChI=1S/C39H38F6N4O2/c1-4-47(5-2)20-21-48(23-26-7-9-27(10-8-26)28-11-15-30(16-12-28)39(43,44)45)35(50)24-49-33-18-6-25(3)22-31(33)38(51)46-34(49)19-14-29-13-17-32(40)37(42)36(29)41/h6-13,15-18,22H,4-5,14,19-21,23-24H2,1-3H3. The molecule has 1 heterocycles. The average molecular weight is 709 g/mol. The highest BCUT2D eigenvalue weighted by atomic mass is 19.4. The molecule has 12 heteroatoms. The maximum atomic E-state index is 14.5. The van der Waals surface area contributed by atoms with Crippen LogP contribution in [0, 0.1) is 24.4 Å². The first kappa shape index (κ1) is 37.3. The summed E-state index contributed by atoms with van der Waals surface area (Å²) in [5.74, 6) is -4.29. The van der Waals surface area contributed by atoms with Crippen molar-refractivity contribution in [2.75, 3.05) is 26.2 Å². The molecule has 0 bridgehead atoms. The molecule has 5 aromatic rings. The molecule has 1 amide bonds. The monoisotopic (exact) mass is 708 g/mol. The zero-order valence-corrected chi connectivity index (χ0v) is 28.5. The number of carbonyl (C=O) groups is 1. The lowest BCUT2D eigenvalue weighted by atomic mass is 10.0. The molecule has 51 heavy (non-hydrogen) atoms. The van der Waals surface area contributed by atoms with Crippen LogP contribution in [-0.2, 0) is 36.9 Å². The summed E-state index contributed by atoms with van der Waals surface area (Å²) in [6, 6.07) is 19.3. The van der Waals surface area contributed by atoms with Crippen LogP contribution in [0.15, 0.2) is 83.7 Å². The van der Waals surface area contributed by atoms with Crippen molar-refractivity contribution in [3.8, 4) is 11.1 Å². The Bertz CT molecular complexity index is 2060. The second kappa shape index (κ2) is 15.9. The van der Waals surface area contributed by atoms with E-state index >= 15 is 0 Å². The number of likely N-dealkylation sites (N-methyl/N-ethyl adjacent to an activating group) is 1. The van der Waals surface area contributed by atoms with Crippen molar-refractivity contribution in [3.05, 3.63) is 135 Å². The fourth-order valence-corrected chi connectivity index (χ4v) is 6.01. The first-order valence-corrected chi connectivity index (χ1v) is 16.7. The molecule has 0 saturated carbocycles. The van der Waals surface area contributed by atoms with Gasteiger partial charge in [0.25, 0.3) is 5.56 Å². The van der Waals surface area contributed by atoms with Crippen LogP contribution in [0.4, 0.5) is 26.3 Å². The minimum Gasteiger partial charge on any atom is -0.336 e. The van der Waals surface area contributed by atoms with Crippen LogP contribution in [0.2, 0.25) is 0 Å². The Morgan fingerprint density at radius 3 is 2.08 bits per heavy atom. The Kier molecular flexibility index (Phi) is 11.6. The second-order valence-electron chi connectivity index (χ2n) is 12.4. The van der Waals surface area contributed by atoms with Crippen LogP contribution in [0.25, 0.3) is 22.0 Å². The summed E-state index contributed by atoms with van der Waals surface area (Å²) >= 11 is 0. The van der Waals surface area contributed by atoms with Crippen molar-refractivity contribution < 1.29 is 31.1 Å². The van der Waals surface area contributed by atoms with Crippen LogP contribution in [0.1, 0.15) is 41.9 Å². The van der Waals surface area contributed by atoms with Gasteiger partial charge in [0.2, 0.25) is 5.91 Å². The molecular formula is C39H38F6N4O2. The summed E-state index contributed by atoms with van der Waals surface area (Å²) in [7, 11) is 0. The fourth-order valence-electron chi connectivity index (χ4n) is 6.01. The molecule has 0 aliphatic rings. The van der Waals surface area contributed by atoms with Gasteiger partial charge in [-0.2, -0.15) is 18.2 Å². The van der Waals surface area contributed by atoms with Crippen LogP contribution >= 0.6 is 0 Å². The lowest BCUT2D eigenvalue weighted by molar-refractivity contribution is -0.137. The van der Waals surface area contributed by atoms with Gasteiger partial charge in [-0.25, -0.2) is 13.2 Å². The molecule has 0 fully saturated rings. The van der Waals surface area contributed by atoms with Gasteiger partial charge in [0, 0.05) is 26.1 Å². The van der Waals surface area contributed by atoms with E-state index in [9.17, 15) is 35.9 Å². The minimum atomic E-state index is -4.43. The fraction of sp³-hybridized carbons (Fsp3) is 0.308. The van der Waals surface area contributed by atoms with E-state index in [1.807, 2.05) is 32.9 Å². The second-order valence-corrected chi connectivity index (χ2v) is 12.4. The molecule has 0 atom stereocenters. The summed E-state index contributed by atoms with van der Waals surface area (Å²) in [4.78, 5) is 35.4. The third-order valence-corrected chi connectivity index (χ3v) is 9.05. The number of fused-ring (bicyclic) bond motifs is 1. The third-order valence-electron chi connectivity index (χ3n) is 9.05. The highest BCUT2D eigenvalue weighted by Crippen LogP contribution is 2.31. The minimum absolute atomic E-state index is 0.0286. The summed E-state index contributed by atoms with van der Waals surface area (Å²) in [5.41, 5.74) is 2.06. The topological polar surface area (TPSA) is 58.4 Å². The van der Waals surface area contributed by atoms with Crippen LogP contribution < -0.4 is 5.56 Å². The first-order valence-electron chi connectivity index (χ1n) is 16.7. The quantitative estimate of drug-likeness (QED) is 0.0921. The van der Waals surface area contributed by atoms with Gasteiger partial charge in [-0.3, -0.25) is 9.59 Å². The number of aromatic nitrogens is 2. The van der Waals surface area contributed by atoms with Gasteiger partial charge in [-0.15, -0.1) is 0 Å². The molecule has 6 nitrogen and oxygen atoms in total. The number of aryl methyl sites for hydroxylation is 3. The van der Waals surface area contributed by atoms with E-state index in [1.54, 1.807) is 39.8 Å². The molecule has 0 aliphatic carbocycles. The molecule has 268 valence electrons. The molecule has 0 unspecified atom stereocenters. The van der Waals surface area contributed by atoms with Crippen LogP contribution in [-0.4, -0.2) is 51.4 Å². The molecule has 1 aromatic heterocycles. The van der Waals surface area contributed by atoms with Gasteiger partial charge in [0.15, 0.2) is 17.5 Å². The SMILES string of the molecule is CCN(CC)CCN(Cc1ccc(-c2ccc(C(F)(F)F)cc2)cc1)C(=O)Cn1c(CCc2ccc(F)c(F)c2F)nc(=O)c2cc(C)ccc21. The maximum absolute atomic E-state index is 14.5. The number of amides is 1. The number of benzene rings is 4. The van der Waals surface area contributed by atoms with E-state index < -0.39 is 34.8 Å². The highest BCUT2D eigenvalue weighted by Gasteiger charge is 2.30. The summed E-state index contributed by atoms with van der Waals surface area (Å²) < 4.78 is 82.9. The number of rotatable bonds is 13. The van der Waals surface area contributed by atoms with Gasteiger partial charge >= 0.3 is 6.18 Å². The number of hydrogen-bond acceptors (Lipinski definition) is 4. The number of hydrogen-bond donors (Lipinski definition) is 0. The number of alkyl halides is 3. The summed E-state index contributed by atoms with van der Waals surface area (Å²) in [6.07, 6.45) is -4.56. The number of nitrogens with zero attached hydrogens (tertiary/aromatic N) is 4. The van der Waals surface area contributed by atoms with Gasteiger partial charge in [-0.1, -0.05) is 67.9 Å². The average Bonchev–Trinajstić information content (AvgIpc) is 3.11.